The molecule has 0 spiro atoms. The fourth-order valence-corrected chi connectivity index (χ4v) is 1.45. The number of carbonyl (C=O) groups is 1. The second kappa shape index (κ2) is 4.73. The van der Waals surface area contributed by atoms with Gasteiger partial charge in [0.05, 0.1) is 17.9 Å². The van der Waals surface area contributed by atoms with Gasteiger partial charge in [0.15, 0.2) is 5.82 Å². The second-order valence-corrected chi connectivity index (χ2v) is 3.41. The van der Waals surface area contributed by atoms with Crippen LogP contribution in [-0.2, 0) is 4.74 Å². The summed E-state index contributed by atoms with van der Waals surface area (Å²) in [4.78, 5) is 11.6. The van der Waals surface area contributed by atoms with Gasteiger partial charge in [-0.3, -0.25) is 0 Å². The molecule has 2 rings (SSSR count). The Morgan fingerprint density at radius 2 is 2.29 bits per heavy atom. The van der Waals surface area contributed by atoms with Gasteiger partial charge in [0.25, 0.3) is 0 Å². The summed E-state index contributed by atoms with van der Waals surface area (Å²) in [6, 6.07) is 6.98. The lowest BCUT2D eigenvalue weighted by molar-refractivity contribution is 0.0526. The number of aromatic nitrogens is 4. The number of hydrogen-bond donors (Lipinski definition) is 0. The molecule has 0 atom stereocenters. The van der Waals surface area contributed by atoms with Crippen LogP contribution in [0.15, 0.2) is 24.3 Å². The first-order valence-corrected chi connectivity index (χ1v) is 5.25. The van der Waals surface area contributed by atoms with Gasteiger partial charge in [-0.05, 0) is 42.5 Å². The average Bonchev–Trinajstić information content (AvgIpc) is 2.76. The topological polar surface area (TPSA) is 69.9 Å². The molecule has 0 N–H and O–H groups in total. The Kier molecular flexibility index (Phi) is 3.13. The van der Waals surface area contributed by atoms with E-state index in [0.29, 0.717) is 18.0 Å². The Morgan fingerprint density at radius 1 is 1.47 bits per heavy atom. The van der Waals surface area contributed by atoms with Crippen LogP contribution in [0.25, 0.3) is 5.69 Å². The minimum absolute atomic E-state index is 0.347. The minimum Gasteiger partial charge on any atom is -0.462 e. The van der Waals surface area contributed by atoms with Gasteiger partial charge in [-0.2, -0.15) is 4.68 Å². The number of hydrogen-bond acceptors (Lipinski definition) is 5. The summed E-state index contributed by atoms with van der Waals surface area (Å²) >= 11 is 0. The van der Waals surface area contributed by atoms with Crippen molar-refractivity contribution in [3.8, 4) is 5.69 Å². The monoisotopic (exact) mass is 232 g/mol. The molecule has 0 aliphatic heterocycles. The van der Waals surface area contributed by atoms with Crippen LogP contribution in [0.4, 0.5) is 0 Å². The molecule has 6 nitrogen and oxygen atoms in total. The summed E-state index contributed by atoms with van der Waals surface area (Å²) in [5, 5.41) is 11.2. The SMILES string of the molecule is CCOC(=O)c1cccc(-n2nnnc2C)c1. The van der Waals surface area contributed by atoms with Crippen molar-refractivity contribution in [3.63, 3.8) is 0 Å². The molecular weight excluding hydrogens is 220 g/mol. The number of nitrogens with zero attached hydrogens (tertiary/aromatic N) is 4. The Morgan fingerprint density at radius 3 is 2.94 bits per heavy atom. The van der Waals surface area contributed by atoms with E-state index in [1.807, 2.05) is 6.07 Å². The summed E-state index contributed by atoms with van der Waals surface area (Å²) < 4.78 is 6.49. The van der Waals surface area contributed by atoms with E-state index in [1.54, 1.807) is 36.7 Å². The van der Waals surface area contributed by atoms with E-state index >= 15 is 0 Å². The highest BCUT2D eigenvalue weighted by atomic mass is 16.5. The van der Waals surface area contributed by atoms with Gasteiger partial charge in [-0.1, -0.05) is 6.07 Å². The van der Waals surface area contributed by atoms with Crippen molar-refractivity contribution in [2.75, 3.05) is 6.61 Å². The number of aryl methyl sites for hydroxylation is 1. The van der Waals surface area contributed by atoms with Crippen molar-refractivity contribution in [2.24, 2.45) is 0 Å². The summed E-state index contributed by atoms with van der Waals surface area (Å²) in [5.74, 6) is 0.311. The van der Waals surface area contributed by atoms with Gasteiger partial charge in [-0.15, -0.1) is 5.10 Å². The maximum atomic E-state index is 11.6. The third-order valence-corrected chi connectivity index (χ3v) is 2.23. The maximum Gasteiger partial charge on any atom is 0.338 e. The van der Waals surface area contributed by atoms with E-state index in [0.717, 1.165) is 5.69 Å². The van der Waals surface area contributed by atoms with Crippen LogP contribution >= 0.6 is 0 Å². The number of carbonyl (C=O) groups excluding carboxylic acids is 1. The predicted molar refractivity (Wildman–Crippen MR) is 59.8 cm³/mol. The first kappa shape index (κ1) is 11.3. The zero-order valence-corrected chi connectivity index (χ0v) is 9.62. The first-order chi connectivity index (χ1) is 8.22. The van der Waals surface area contributed by atoms with Crippen molar-refractivity contribution in [3.05, 3.63) is 35.7 Å². The van der Waals surface area contributed by atoms with Crippen LogP contribution in [0.2, 0.25) is 0 Å². The van der Waals surface area contributed by atoms with Crippen LogP contribution in [0, 0.1) is 6.92 Å². The zero-order valence-electron chi connectivity index (χ0n) is 9.62. The maximum absolute atomic E-state index is 11.6. The van der Waals surface area contributed by atoms with Gasteiger partial charge in [0.1, 0.15) is 0 Å². The molecule has 0 radical (unpaired) electrons. The van der Waals surface area contributed by atoms with Gasteiger partial charge >= 0.3 is 5.97 Å². The number of benzene rings is 1. The highest BCUT2D eigenvalue weighted by Gasteiger charge is 2.09. The third kappa shape index (κ3) is 2.30. The van der Waals surface area contributed by atoms with Crippen LogP contribution < -0.4 is 0 Å². The number of rotatable bonds is 3. The molecule has 0 saturated heterocycles. The van der Waals surface area contributed by atoms with E-state index < -0.39 is 0 Å². The standard InChI is InChI=1S/C11H12N4O2/c1-3-17-11(16)9-5-4-6-10(7-9)15-8(2)12-13-14-15/h4-7H,3H2,1-2H3. The molecule has 0 aliphatic rings. The molecular formula is C11H12N4O2. The summed E-state index contributed by atoms with van der Waals surface area (Å²) in [7, 11) is 0. The molecule has 0 fully saturated rings. The predicted octanol–water partition coefficient (Wildman–Crippen LogP) is 1.15. The normalized spacial score (nSPS) is 10.2. The fourth-order valence-electron chi connectivity index (χ4n) is 1.45. The Bertz CT molecular complexity index is 536. The summed E-state index contributed by atoms with van der Waals surface area (Å²) in [6.45, 7) is 3.91. The van der Waals surface area contributed by atoms with E-state index in [9.17, 15) is 4.79 Å². The van der Waals surface area contributed by atoms with Crippen LogP contribution in [0.1, 0.15) is 23.1 Å². The first-order valence-electron chi connectivity index (χ1n) is 5.25. The van der Waals surface area contributed by atoms with Gasteiger partial charge < -0.3 is 4.74 Å². The Labute approximate surface area is 98.2 Å². The Balaban J connectivity index is 2.35. The Hall–Kier alpha value is -2.24. The molecule has 0 saturated carbocycles. The lowest BCUT2D eigenvalue weighted by Crippen LogP contribution is -2.06. The van der Waals surface area contributed by atoms with Gasteiger partial charge in [-0.25, -0.2) is 4.79 Å². The highest BCUT2D eigenvalue weighted by Crippen LogP contribution is 2.11. The van der Waals surface area contributed by atoms with Crippen molar-refractivity contribution < 1.29 is 9.53 Å². The number of ether oxygens (including phenoxy) is 1. The number of esters is 1. The molecule has 17 heavy (non-hydrogen) atoms. The van der Waals surface area contributed by atoms with E-state index in [4.69, 9.17) is 4.74 Å². The van der Waals surface area contributed by atoms with Gasteiger partial charge in [0.2, 0.25) is 0 Å². The fraction of sp³-hybridized carbons (Fsp3) is 0.273. The number of tetrazole rings is 1. The lowest BCUT2D eigenvalue weighted by Gasteiger charge is -2.05. The van der Waals surface area contributed by atoms with Crippen LogP contribution in [0.3, 0.4) is 0 Å². The van der Waals surface area contributed by atoms with E-state index in [1.165, 1.54) is 0 Å². The molecule has 0 aliphatic carbocycles. The summed E-state index contributed by atoms with van der Waals surface area (Å²) in [5.41, 5.74) is 1.22. The van der Waals surface area contributed by atoms with Gasteiger partial charge in [0, 0.05) is 0 Å². The largest absolute Gasteiger partial charge is 0.462 e. The smallest absolute Gasteiger partial charge is 0.338 e. The summed E-state index contributed by atoms with van der Waals surface area (Å²) in [6.07, 6.45) is 0. The quantitative estimate of drug-likeness (QED) is 0.742. The second-order valence-electron chi connectivity index (χ2n) is 3.41. The zero-order chi connectivity index (χ0) is 12.3. The molecule has 1 aromatic carbocycles. The van der Waals surface area contributed by atoms with Crippen molar-refractivity contribution in [1.29, 1.82) is 0 Å². The average molecular weight is 232 g/mol. The van der Waals surface area contributed by atoms with Crippen LogP contribution in [-0.4, -0.2) is 32.8 Å². The van der Waals surface area contributed by atoms with Crippen molar-refractivity contribution in [2.45, 2.75) is 13.8 Å². The highest BCUT2D eigenvalue weighted by molar-refractivity contribution is 5.90. The molecule has 1 aromatic heterocycles. The molecule has 0 amide bonds. The van der Waals surface area contributed by atoms with E-state index in [2.05, 4.69) is 15.5 Å². The van der Waals surface area contributed by atoms with Crippen molar-refractivity contribution in [1.82, 2.24) is 20.2 Å². The molecule has 6 heteroatoms. The lowest BCUT2D eigenvalue weighted by atomic mass is 10.2. The molecule has 1 heterocycles. The minimum atomic E-state index is -0.347. The molecule has 0 unspecified atom stereocenters. The molecule has 88 valence electrons. The molecule has 2 aromatic rings. The van der Waals surface area contributed by atoms with E-state index in [-0.39, 0.29) is 5.97 Å². The molecule has 0 bridgehead atoms. The third-order valence-electron chi connectivity index (χ3n) is 2.23. The van der Waals surface area contributed by atoms with Crippen molar-refractivity contribution >= 4 is 5.97 Å². The van der Waals surface area contributed by atoms with Crippen LogP contribution in [0.5, 0.6) is 0 Å².